The minimum Gasteiger partial charge on any atom is -0.494 e. The molecule has 0 fully saturated rings. The number of rotatable bonds is 8. The average molecular weight is 633 g/mol. The molecular formula is C36H32N4O5S. The molecule has 9 nitrogen and oxygen atoms in total. The zero-order chi connectivity index (χ0) is 32.5. The van der Waals surface area contributed by atoms with Crippen LogP contribution in [0.15, 0.2) is 106 Å². The number of aromatic nitrogens is 2. The van der Waals surface area contributed by atoms with Gasteiger partial charge in [-0.15, -0.1) is 0 Å². The topological polar surface area (TPSA) is 115 Å². The van der Waals surface area contributed by atoms with E-state index in [1.165, 1.54) is 11.3 Å². The van der Waals surface area contributed by atoms with Gasteiger partial charge in [0.15, 0.2) is 4.80 Å². The highest BCUT2D eigenvalue weighted by atomic mass is 32.1. The van der Waals surface area contributed by atoms with Gasteiger partial charge < -0.3 is 19.7 Å². The minimum absolute atomic E-state index is 0.210. The maximum atomic E-state index is 14.2. The van der Waals surface area contributed by atoms with Gasteiger partial charge in [0.2, 0.25) is 0 Å². The van der Waals surface area contributed by atoms with Gasteiger partial charge in [0.1, 0.15) is 5.75 Å². The number of nitrogens with one attached hydrogen (secondary N) is 1. The molecule has 0 saturated carbocycles. The molecule has 1 amide bonds. The minimum atomic E-state index is -0.983. The molecule has 1 atom stereocenters. The van der Waals surface area contributed by atoms with Crippen molar-refractivity contribution in [2.75, 3.05) is 11.9 Å². The van der Waals surface area contributed by atoms with E-state index in [1.807, 2.05) is 92.1 Å². The summed E-state index contributed by atoms with van der Waals surface area (Å²) >= 11 is 1.28. The fourth-order valence-electron chi connectivity index (χ4n) is 5.79. The largest absolute Gasteiger partial charge is 0.494 e. The summed E-state index contributed by atoms with van der Waals surface area (Å²) in [4.78, 5) is 44.6. The van der Waals surface area contributed by atoms with Crippen molar-refractivity contribution in [1.82, 2.24) is 9.13 Å². The fraction of sp³-hybridized carbons (Fsp3) is 0.167. The lowest BCUT2D eigenvalue weighted by Crippen LogP contribution is -2.40. The van der Waals surface area contributed by atoms with Crippen molar-refractivity contribution < 1.29 is 19.4 Å². The number of hydrogen-bond donors (Lipinski definition) is 2. The first-order valence-electron chi connectivity index (χ1n) is 14.8. The zero-order valence-corrected chi connectivity index (χ0v) is 26.6. The molecule has 0 bridgehead atoms. The van der Waals surface area contributed by atoms with Crippen LogP contribution in [0, 0.1) is 13.8 Å². The van der Waals surface area contributed by atoms with E-state index in [0.29, 0.717) is 38.6 Å². The van der Waals surface area contributed by atoms with E-state index in [-0.39, 0.29) is 17.0 Å². The van der Waals surface area contributed by atoms with Crippen molar-refractivity contribution >= 4 is 35.0 Å². The van der Waals surface area contributed by atoms with Gasteiger partial charge in [0.25, 0.3) is 11.5 Å². The van der Waals surface area contributed by atoms with E-state index in [0.717, 1.165) is 28.2 Å². The third-order valence-electron chi connectivity index (χ3n) is 7.93. The predicted octanol–water partition coefficient (Wildman–Crippen LogP) is 5.38. The maximum Gasteiger partial charge on any atom is 0.335 e. The number of hydrogen-bond acceptors (Lipinski definition) is 6. The lowest BCUT2D eigenvalue weighted by molar-refractivity contribution is -0.113. The molecule has 0 saturated heterocycles. The van der Waals surface area contributed by atoms with E-state index >= 15 is 0 Å². The number of aromatic carboxylic acids is 1. The Morgan fingerprint density at radius 1 is 1.00 bits per heavy atom. The number of anilines is 1. The van der Waals surface area contributed by atoms with Crippen LogP contribution >= 0.6 is 11.3 Å². The Labute approximate surface area is 269 Å². The number of carboxylic acids is 1. The number of ether oxygens (including phenoxy) is 1. The summed E-state index contributed by atoms with van der Waals surface area (Å²) in [5.41, 5.74) is 5.77. The van der Waals surface area contributed by atoms with Gasteiger partial charge in [-0.2, -0.15) is 0 Å². The second-order valence-corrected chi connectivity index (χ2v) is 11.9. The molecule has 46 heavy (non-hydrogen) atoms. The summed E-state index contributed by atoms with van der Waals surface area (Å²) in [7, 11) is 0. The van der Waals surface area contributed by atoms with Crippen LogP contribution in [-0.2, 0) is 4.79 Å². The summed E-state index contributed by atoms with van der Waals surface area (Å²) in [5, 5.41) is 12.3. The molecule has 3 aromatic carbocycles. The Bertz CT molecular complexity index is 2170. The van der Waals surface area contributed by atoms with Gasteiger partial charge in [0.05, 0.1) is 34.0 Å². The molecule has 10 heteroatoms. The molecule has 6 rings (SSSR count). The Morgan fingerprint density at radius 2 is 1.70 bits per heavy atom. The number of carbonyl (C=O) groups is 2. The molecule has 2 N–H and O–H groups in total. The number of carbonyl (C=O) groups excluding carboxylic acids is 1. The molecule has 5 aromatic rings. The van der Waals surface area contributed by atoms with Gasteiger partial charge in [-0.25, -0.2) is 9.79 Å². The highest BCUT2D eigenvalue weighted by molar-refractivity contribution is 7.07. The molecule has 2 aromatic heterocycles. The van der Waals surface area contributed by atoms with Crippen LogP contribution in [0.5, 0.6) is 5.75 Å². The Kier molecular flexibility index (Phi) is 8.29. The Balaban J connectivity index is 1.46. The number of benzene rings is 3. The summed E-state index contributed by atoms with van der Waals surface area (Å²) < 4.78 is 9.75. The van der Waals surface area contributed by atoms with Crippen molar-refractivity contribution in [2.24, 2.45) is 4.99 Å². The lowest BCUT2D eigenvalue weighted by atomic mass is 9.95. The Morgan fingerprint density at radius 3 is 2.35 bits per heavy atom. The van der Waals surface area contributed by atoms with E-state index in [9.17, 15) is 19.5 Å². The van der Waals surface area contributed by atoms with Crippen molar-refractivity contribution in [3.63, 3.8) is 0 Å². The predicted molar refractivity (Wildman–Crippen MR) is 179 cm³/mol. The second-order valence-electron chi connectivity index (χ2n) is 10.9. The quantitative estimate of drug-likeness (QED) is 0.239. The summed E-state index contributed by atoms with van der Waals surface area (Å²) in [6.45, 7) is 8.15. The Hall–Kier alpha value is -5.48. The zero-order valence-electron chi connectivity index (χ0n) is 25.8. The van der Waals surface area contributed by atoms with Gasteiger partial charge in [0, 0.05) is 22.8 Å². The van der Waals surface area contributed by atoms with Gasteiger partial charge in [-0.3, -0.25) is 14.2 Å². The highest BCUT2D eigenvalue weighted by Gasteiger charge is 2.32. The van der Waals surface area contributed by atoms with Crippen molar-refractivity contribution in [3.8, 4) is 11.4 Å². The number of thiazole rings is 1. The van der Waals surface area contributed by atoms with Crippen LogP contribution < -0.4 is 24.9 Å². The maximum absolute atomic E-state index is 14.2. The number of aryl methyl sites for hydroxylation is 1. The number of nitrogens with zero attached hydrogens (tertiary/aromatic N) is 3. The molecule has 0 aliphatic carbocycles. The molecule has 0 unspecified atom stereocenters. The number of para-hydroxylation sites is 1. The highest BCUT2D eigenvalue weighted by Crippen LogP contribution is 2.32. The average Bonchev–Trinajstić information content (AvgIpc) is 3.50. The molecule has 0 spiro atoms. The molecule has 0 radical (unpaired) electrons. The van der Waals surface area contributed by atoms with Gasteiger partial charge in [-0.05, 0) is 99.5 Å². The molecule has 1 aliphatic heterocycles. The van der Waals surface area contributed by atoms with Crippen LogP contribution in [0.25, 0.3) is 11.8 Å². The first-order chi connectivity index (χ1) is 22.2. The SMILES string of the molecule is CCOc1ccc([C@H]2C(C(=O)Nc3ccccc3)=C(C)N=c3s/c(=C\c4cc(C)n(-c5ccc(C(=O)O)cc5)c4C)c(=O)n32)cc1. The molecule has 1 aliphatic rings. The normalized spacial score (nSPS) is 14.5. The summed E-state index contributed by atoms with van der Waals surface area (Å²) in [5.74, 6) is -0.622. The standard InChI is InChI=1S/C36H32N4O5S/c1-5-45-29-17-13-24(14-18-29)32-31(33(41)38-27-9-7-6-8-10-27)22(3)37-36-40(32)34(42)30(46-36)20-26-19-21(2)39(23(26)4)28-15-11-25(12-16-28)35(43)44/h6-20,32H,5H2,1-4H3,(H,38,41)(H,43,44)/b30-20-/t32-/m0/s1. The molecular weight excluding hydrogens is 600 g/mol. The second kappa shape index (κ2) is 12.5. The van der Waals surface area contributed by atoms with Crippen LogP contribution in [0.1, 0.15) is 52.8 Å². The monoisotopic (exact) mass is 632 g/mol. The van der Waals surface area contributed by atoms with E-state index in [2.05, 4.69) is 5.32 Å². The lowest BCUT2D eigenvalue weighted by Gasteiger charge is -2.25. The summed E-state index contributed by atoms with van der Waals surface area (Å²) in [6, 6.07) is 24.6. The van der Waals surface area contributed by atoms with E-state index < -0.39 is 12.0 Å². The number of amides is 1. The van der Waals surface area contributed by atoms with Crippen LogP contribution in [-0.4, -0.2) is 32.7 Å². The molecule has 3 heterocycles. The van der Waals surface area contributed by atoms with Gasteiger partial charge in [-0.1, -0.05) is 41.7 Å². The van der Waals surface area contributed by atoms with E-state index in [4.69, 9.17) is 9.73 Å². The third kappa shape index (κ3) is 5.70. The van der Waals surface area contributed by atoms with Crippen molar-refractivity contribution in [2.45, 2.75) is 33.7 Å². The number of fused-ring (bicyclic) bond motifs is 1. The molecule has 232 valence electrons. The van der Waals surface area contributed by atoms with Crippen LogP contribution in [0.2, 0.25) is 0 Å². The van der Waals surface area contributed by atoms with Crippen molar-refractivity contribution in [1.29, 1.82) is 0 Å². The fourth-order valence-corrected chi connectivity index (χ4v) is 6.82. The first kappa shape index (κ1) is 30.5. The first-order valence-corrected chi connectivity index (χ1v) is 15.6. The van der Waals surface area contributed by atoms with Crippen LogP contribution in [0.3, 0.4) is 0 Å². The van der Waals surface area contributed by atoms with Crippen molar-refractivity contribution in [3.05, 3.63) is 144 Å². The number of allylic oxidation sites excluding steroid dienone is 1. The van der Waals surface area contributed by atoms with E-state index in [1.54, 1.807) is 35.8 Å². The van der Waals surface area contributed by atoms with Gasteiger partial charge >= 0.3 is 5.97 Å². The third-order valence-corrected chi connectivity index (χ3v) is 8.92. The number of carboxylic acid groups (broad SMARTS) is 1. The summed E-state index contributed by atoms with van der Waals surface area (Å²) in [6.07, 6.45) is 1.85. The smallest absolute Gasteiger partial charge is 0.335 e. The van der Waals surface area contributed by atoms with Crippen LogP contribution in [0.4, 0.5) is 5.69 Å².